The number of carbonyl (C=O) groups is 1. The van der Waals surface area contributed by atoms with Crippen LogP contribution in [0.5, 0.6) is 0 Å². The molecule has 4 rings (SSSR count). The van der Waals surface area contributed by atoms with Crippen molar-refractivity contribution in [3.05, 3.63) is 75.7 Å². The van der Waals surface area contributed by atoms with Crippen molar-refractivity contribution in [2.45, 2.75) is 19.9 Å². The third kappa shape index (κ3) is 4.95. The number of aromatic nitrogens is 2. The second-order valence-corrected chi connectivity index (χ2v) is 7.60. The van der Waals surface area contributed by atoms with Gasteiger partial charge in [0.15, 0.2) is 0 Å². The van der Waals surface area contributed by atoms with E-state index in [1.165, 1.54) is 12.1 Å². The maximum Gasteiger partial charge on any atom is 0.269 e. The molecule has 0 atom stereocenters. The zero-order valence-electron chi connectivity index (χ0n) is 17.2. The van der Waals surface area contributed by atoms with Crippen LogP contribution in [0.3, 0.4) is 0 Å². The molecule has 3 aromatic rings. The number of nitro groups is 1. The molecule has 0 N–H and O–H groups in total. The highest BCUT2D eigenvalue weighted by Crippen LogP contribution is 2.22. The largest absolute Gasteiger partial charge is 0.419 e. The van der Waals surface area contributed by atoms with Crippen LogP contribution in [0.25, 0.3) is 11.5 Å². The summed E-state index contributed by atoms with van der Waals surface area (Å²) in [5.41, 5.74) is 2.44. The van der Waals surface area contributed by atoms with Crippen molar-refractivity contribution >= 4 is 11.6 Å². The summed E-state index contributed by atoms with van der Waals surface area (Å²) in [7, 11) is 0. The highest BCUT2D eigenvalue weighted by molar-refractivity contribution is 5.94. The lowest BCUT2D eigenvalue weighted by molar-refractivity contribution is -0.384. The van der Waals surface area contributed by atoms with E-state index in [0.29, 0.717) is 43.5 Å². The van der Waals surface area contributed by atoms with Crippen LogP contribution >= 0.6 is 0 Å². The number of hydrogen-bond acceptors (Lipinski definition) is 7. The maximum absolute atomic E-state index is 12.8. The van der Waals surface area contributed by atoms with Gasteiger partial charge in [-0.05, 0) is 37.6 Å². The predicted octanol–water partition coefficient (Wildman–Crippen LogP) is 3.30. The second kappa shape index (κ2) is 9.05. The molecule has 2 aromatic carbocycles. The van der Waals surface area contributed by atoms with E-state index in [4.69, 9.17) is 4.42 Å². The Hall–Kier alpha value is -3.59. The van der Waals surface area contributed by atoms with E-state index in [0.717, 1.165) is 24.1 Å². The molecule has 0 saturated carbocycles. The minimum atomic E-state index is -0.449. The Labute approximate surface area is 179 Å². The van der Waals surface area contributed by atoms with Crippen molar-refractivity contribution in [3.63, 3.8) is 0 Å². The fourth-order valence-corrected chi connectivity index (χ4v) is 3.64. The lowest BCUT2D eigenvalue weighted by atomic mass is 10.1. The Morgan fingerprint density at radius 2 is 1.90 bits per heavy atom. The third-order valence-corrected chi connectivity index (χ3v) is 5.29. The molecule has 9 nitrogen and oxygen atoms in total. The molecular formula is C22H23N5O4. The molecule has 9 heteroatoms. The van der Waals surface area contributed by atoms with E-state index in [9.17, 15) is 14.9 Å². The minimum Gasteiger partial charge on any atom is -0.419 e. The number of rotatable bonds is 5. The van der Waals surface area contributed by atoms with Crippen LogP contribution in [0.1, 0.15) is 28.2 Å². The van der Waals surface area contributed by atoms with Crippen LogP contribution in [0.15, 0.2) is 52.9 Å². The number of aryl methyl sites for hydroxylation is 1. The highest BCUT2D eigenvalue weighted by atomic mass is 16.6. The quantitative estimate of drug-likeness (QED) is 0.460. The van der Waals surface area contributed by atoms with E-state index >= 15 is 0 Å². The van der Waals surface area contributed by atoms with Crippen molar-refractivity contribution < 1.29 is 14.1 Å². The predicted molar refractivity (Wildman–Crippen MR) is 113 cm³/mol. The smallest absolute Gasteiger partial charge is 0.269 e. The number of amides is 1. The summed E-state index contributed by atoms with van der Waals surface area (Å²) in [6.45, 7) is 5.36. The van der Waals surface area contributed by atoms with Crippen LogP contribution in [0.2, 0.25) is 0 Å². The van der Waals surface area contributed by atoms with Crippen LogP contribution in [0, 0.1) is 17.0 Å². The topological polar surface area (TPSA) is 106 Å². The van der Waals surface area contributed by atoms with Gasteiger partial charge in [-0.1, -0.05) is 17.7 Å². The Bertz CT molecular complexity index is 1080. The van der Waals surface area contributed by atoms with Gasteiger partial charge in [0, 0.05) is 49.4 Å². The first kappa shape index (κ1) is 20.7. The molecular weight excluding hydrogens is 398 g/mol. The van der Waals surface area contributed by atoms with E-state index in [-0.39, 0.29) is 11.6 Å². The minimum absolute atomic E-state index is 0.0119. The molecule has 1 aromatic heterocycles. The average molecular weight is 421 g/mol. The Morgan fingerprint density at radius 1 is 1.10 bits per heavy atom. The fraction of sp³-hybridized carbons (Fsp3) is 0.318. The van der Waals surface area contributed by atoms with Gasteiger partial charge in [-0.25, -0.2) is 0 Å². The van der Waals surface area contributed by atoms with E-state index in [2.05, 4.69) is 15.1 Å². The van der Waals surface area contributed by atoms with Gasteiger partial charge in [0.2, 0.25) is 11.8 Å². The lowest BCUT2D eigenvalue weighted by Gasteiger charge is -2.21. The molecule has 160 valence electrons. The van der Waals surface area contributed by atoms with Crippen LogP contribution in [-0.2, 0) is 6.54 Å². The van der Waals surface area contributed by atoms with Crippen molar-refractivity contribution in [1.82, 2.24) is 20.0 Å². The van der Waals surface area contributed by atoms with Gasteiger partial charge in [0.25, 0.3) is 11.6 Å². The molecule has 0 radical (unpaired) electrons. The highest BCUT2D eigenvalue weighted by Gasteiger charge is 2.22. The van der Waals surface area contributed by atoms with E-state index < -0.39 is 4.92 Å². The molecule has 0 unspecified atom stereocenters. The first-order valence-corrected chi connectivity index (χ1v) is 10.1. The normalized spacial score (nSPS) is 14.9. The van der Waals surface area contributed by atoms with Crippen LogP contribution in [0.4, 0.5) is 5.69 Å². The average Bonchev–Trinajstić information content (AvgIpc) is 3.11. The second-order valence-electron chi connectivity index (χ2n) is 7.60. The Balaban J connectivity index is 1.36. The monoisotopic (exact) mass is 421 g/mol. The summed E-state index contributed by atoms with van der Waals surface area (Å²) in [4.78, 5) is 27.2. The summed E-state index contributed by atoms with van der Waals surface area (Å²) in [6, 6.07) is 13.7. The third-order valence-electron chi connectivity index (χ3n) is 5.29. The SMILES string of the molecule is Cc1cccc(C(=O)N2CCCN(Cc3nnc(-c4ccc([N+](=O)[O-])cc4)o3)CC2)c1. The molecule has 31 heavy (non-hydrogen) atoms. The number of benzene rings is 2. The van der Waals surface area contributed by atoms with Gasteiger partial charge >= 0.3 is 0 Å². The van der Waals surface area contributed by atoms with E-state index in [1.54, 1.807) is 12.1 Å². The lowest BCUT2D eigenvalue weighted by Crippen LogP contribution is -2.35. The number of hydrogen-bond donors (Lipinski definition) is 0. The number of nitro benzene ring substituents is 1. The van der Waals surface area contributed by atoms with Gasteiger partial charge in [-0.15, -0.1) is 10.2 Å². The van der Waals surface area contributed by atoms with Crippen molar-refractivity contribution in [3.8, 4) is 11.5 Å². The van der Waals surface area contributed by atoms with Crippen molar-refractivity contribution in [2.24, 2.45) is 0 Å². The summed E-state index contributed by atoms with van der Waals surface area (Å²) < 4.78 is 5.76. The summed E-state index contributed by atoms with van der Waals surface area (Å²) >= 11 is 0. The molecule has 0 bridgehead atoms. The number of carbonyl (C=O) groups excluding carboxylic acids is 1. The van der Waals surface area contributed by atoms with Gasteiger partial charge in [-0.2, -0.15) is 0 Å². The van der Waals surface area contributed by atoms with Gasteiger partial charge in [-0.3, -0.25) is 19.8 Å². The van der Waals surface area contributed by atoms with E-state index in [1.807, 2.05) is 36.1 Å². The molecule has 1 aliphatic rings. The summed E-state index contributed by atoms with van der Waals surface area (Å²) in [5, 5.41) is 19.0. The van der Waals surface area contributed by atoms with Crippen molar-refractivity contribution in [2.75, 3.05) is 26.2 Å². The molecule has 0 spiro atoms. The van der Waals surface area contributed by atoms with Gasteiger partial charge in [0.05, 0.1) is 11.5 Å². The molecule has 1 saturated heterocycles. The maximum atomic E-state index is 12.8. The van der Waals surface area contributed by atoms with Crippen LogP contribution < -0.4 is 0 Å². The first-order valence-electron chi connectivity index (χ1n) is 10.1. The number of nitrogens with zero attached hydrogens (tertiary/aromatic N) is 5. The zero-order valence-corrected chi connectivity index (χ0v) is 17.2. The summed E-state index contributed by atoms with van der Waals surface area (Å²) in [5.74, 6) is 0.867. The van der Waals surface area contributed by atoms with Crippen molar-refractivity contribution in [1.29, 1.82) is 0 Å². The molecule has 1 aliphatic heterocycles. The zero-order chi connectivity index (χ0) is 21.8. The number of non-ortho nitro benzene ring substituents is 1. The molecule has 0 aliphatic carbocycles. The fourth-order valence-electron chi connectivity index (χ4n) is 3.64. The first-order chi connectivity index (χ1) is 15.0. The van der Waals surface area contributed by atoms with Gasteiger partial charge in [0.1, 0.15) is 0 Å². The summed E-state index contributed by atoms with van der Waals surface area (Å²) in [6.07, 6.45) is 0.862. The molecule has 2 heterocycles. The van der Waals surface area contributed by atoms with Crippen LogP contribution in [-0.4, -0.2) is 57.0 Å². The molecule has 1 amide bonds. The standard InChI is InChI=1S/C22H23N5O4/c1-16-4-2-5-18(14-16)22(28)26-11-3-10-25(12-13-26)15-20-23-24-21(31-20)17-6-8-19(9-7-17)27(29)30/h2,4-9,14H,3,10-13,15H2,1H3. The molecule has 1 fully saturated rings. The Kier molecular flexibility index (Phi) is 6.03. The van der Waals surface area contributed by atoms with Gasteiger partial charge < -0.3 is 9.32 Å². The Morgan fingerprint density at radius 3 is 2.65 bits per heavy atom.